The van der Waals surface area contributed by atoms with Crippen LogP contribution in [0.15, 0.2) is 84.5 Å². The van der Waals surface area contributed by atoms with Gasteiger partial charge in [-0.3, -0.25) is 19.2 Å². The first kappa shape index (κ1) is 45.4. The predicted octanol–water partition coefficient (Wildman–Crippen LogP) is 8.64. The van der Waals surface area contributed by atoms with Gasteiger partial charge in [0, 0.05) is 18.7 Å². The smallest absolute Gasteiger partial charge is 0.330 e. The van der Waals surface area contributed by atoms with E-state index in [-0.39, 0.29) is 41.2 Å². The van der Waals surface area contributed by atoms with Gasteiger partial charge in [-0.15, -0.1) is 0 Å². The molecule has 0 spiro atoms. The Labute approximate surface area is 365 Å². The molecule has 0 unspecified atom stereocenters. The van der Waals surface area contributed by atoms with Gasteiger partial charge in [0.05, 0.1) is 60.4 Å². The number of hydrogen-bond acceptors (Lipinski definition) is 15. The first-order valence-corrected chi connectivity index (χ1v) is 21.9. The monoisotopic (exact) mass is 867 g/mol. The second-order valence-electron chi connectivity index (χ2n) is 15.4. The summed E-state index contributed by atoms with van der Waals surface area (Å²) in [4.78, 5) is 67.6. The lowest BCUT2D eigenvalue weighted by Crippen LogP contribution is -2.30. The number of unbranched alkanes of at least 4 members (excludes halogenated alkanes) is 3. The van der Waals surface area contributed by atoms with E-state index in [0.717, 1.165) is 42.0 Å². The van der Waals surface area contributed by atoms with E-state index in [1.165, 1.54) is 24.7 Å². The Balaban J connectivity index is 0.996. The van der Waals surface area contributed by atoms with E-state index in [9.17, 15) is 24.0 Å². The Morgan fingerprint density at radius 1 is 0.710 bits per heavy atom. The molecule has 2 aliphatic rings. The molecule has 0 atom stereocenters. The van der Waals surface area contributed by atoms with Crippen LogP contribution < -0.4 is 24.0 Å². The van der Waals surface area contributed by atoms with Crippen LogP contribution in [0.5, 0.6) is 23.0 Å². The van der Waals surface area contributed by atoms with Gasteiger partial charge >= 0.3 is 29.8 Å². The summed E-state index contributed by atoms with van der Waals surface area (Å²) in [6, 6.07) is 19.5. The number of benzene rings is 3. The third-order valence-electron chi connectivity index (χ3n) is 11.1. The van der Waals surface area contributed by atoms with Crippen molar-refractivity contribution >= 4 is 62.7 Å². The number of esters is 5. The van der Waals surface area contributed by atoms with E-state index in [1.54, 1.807) is 54.5 Å². The number of carbonyl (C=O) groups is 5. The minimum absolute atomic E-state index is 0.227. The number of anilines is 1. The highest BCUT2D eigenvalue weighted by Gasteiger charge is 2.34. The standard InChI is InChI=1S/C47H53N3O11S/c1-4-42(51)58-28-10-6-5-9-27-57-36-21-23-37(24-22-36)59-44(53)32-17-19-33(20-18-32)45(54)60-38-25-26-40(61-46(55)34-15-13-31(14-16-34)43(52)56-3)35(29-38)30-48-50(2)47-49-39-11-7-8-12-41(39)62-47/h4,7-8,11-12,21-26,29-34H,1,5-6,9-10,13-20,27-28H2,2-3H3. The molecule has 0 aliphatic heterocycles. The first-order valence-electron chi connectivity index (χ1n) is 21.1. The lowest BCUT2D eigenvalue weighted by molar-refractivity contribution is -0.149. The van der Waals surface area contributed by atoms with Gasteiger partial charge in [0.2, 0.25) is 5.13 Å². The number of hydrazone groups is 1. The van der Waals surface area contributed by atoms with Crippen LogP contribution in [0.4, 0.5) is 5.13 Å². The molecule has 0 bridgehead atoms. The molecule has 4 aromatic rings. The Morgan fingerprint density at radius 3 is 1.87 bits per heavy atom. The lowest BCUT2D eigenvalue weighted by Gasteiger charge is -2.26. The molecular formula is C47H53N3O11S. The number of aromatic nitrogens is 1. The summed E-state index contributed by atoms with van der Waals surface area (Å²) in [5.74, 6) is -1.60. The van der Waals surface area contributed by atoms with Crippen LogP contribution in [0.2, 0.25) is 0 Å². The molecule has 0 saturated heterocycles. The molecule has 2 saturated carbocycles. The maximum Gasteiger partial charge on any atom is 0.330 e. The minimum atomic E-state index is -0.414. The summed E-state index contributed by atoms with van der Waals surface area (Å²) in [5, 5.41) is 6.88. The molecule has 14 nitrogen and oxygen atoms in total. The summed E-state index contributed by atoms with van der Waals surface area (Å²) < 4.78 is 34.1. The van der Waals surface area contributed by atoms with Crippen molar-refractivity contribution < 1.29 is 52.4 Å². The molecule has 62 heavy (non-hydrogen) atoms. The fraction of sp³-hybridized carbons (Fsp3) is 0.426. The number of nitrogens with zero attached hydrogens (tertiary/aromatic N) is 3. The van der Waals surface area contributed by atoms with E-state index in [2.05, 4.69) is 16.7 Å². The van der Waals surface area contributed by atoms with E-state index >= 15 is 0 Å². The van der Waals surface area contributed by atoms with E-state index in [0.29, 0.717) is 86.8 Å². The zero-order valence-corrected chi connectivity index (χ0v) is 36.0. The average molecular weight is 868 g/mol. The van der Waals surface area contributed by atoms with Crippen LogP contribution in [0.25, 0.3) is 10.2 Å². The number of hydrogen-bond donors (Lipinski definition) is 0. The number of ether oxygens (including phenoxy) is 6. The summed E-state index contributed by atoms with van der Waals surface area (Å²) in [6.45, 7) is 4.30. The van der Waals surface area contributed by atoms with Crippen molar-refractivity contribution in [1.29, 1.82) is 0 Å². The number of carbonyl (C=O) groups excluding carboxylic acids is 5. The molecule has 2 fully saturated rings. The summed E-state index contributed by atoms with van der Waals surface area (Å²) >= 11 is 1.48. The molecule has 0 amide bonds. The quantitative estimate of drug-likeness (QED) is 0.0219. The second kappa shape index (κ2) is 22.7. The Hall–Kier alpha value is -6.09. The zero-order valence-electron chi connectivity index (χ0n) is 35.2. The van der Waals surface area contributed by atoms with Gasteiger partial charge in [0.15, 0.2) is 0 Å². The molecule has 328 valence electrons. The maximum atomic E-state index is 13.4. The van der Waals surface area contributed by atoms with Crippen LogP contribution in [-0.2, 0) is 33.4 Å². The van der Waals surface area contributed by atoms with Gasteiger partial charge < -0.3 is 28.4 Å². The molecule has 2 aliphatic carbocycles. The normalized spacial score (nSPS) is 18.7. The van der Waals surface area contributed by atoms with Gasteiger partial charge in [-0.25, -0.2) is 14.8 Å². The molecule has 1 heterocycles. The Kier molecular flexibility index (Phi) is 16.6. The number of fused-ring (bicyclic) bond motifs is 1. The predicted molar refractivity (Wildman–Crippen MR) is 233 cm³/mol. The van der Waals surface area contributed by atoms with Crippen LogP contribution in [0.1, 0.15) is 82.6 Å². The molecular weight excluding hydrogens is 815 g/mol. The molecule has 3 aromatic carbocycles. The average Bonchev–Trinajstić information content (AvgIpc) is 3.75. The number of para-hydroxylation sites is 1. The molecule has 0 N–H and O–H groups in total. The highest BCUT2D eigenvalue weighted by molar-refractivity contribution is 7.22. The van der Waals surface area contributed by atoms with Crippen LogP contribution >= 0.6 is 11.3 Å². The highest BCUT2D eigenvalue weighted by Crippen LogP contribution is 2.35. The van der Waals surface area contributed by atoms with Gasteiger partial charge in [-0.2, -0.15) is 5.10 Å². The van der Waals surface area contributed by atoms with Gasteiger partial charge in [-0.1, -0.05) is 30.0 Å². The van der Waals surface area contributed by atoms with Crippen LogP contribution in [0.3, 0.4) is 0 Å². The third kappa shape index (κ3) is 13.0. The second-order valence-corrected chi connectivity index (χ2v) is 16.4. The van der Waals surface area contributed by atoms with E-state index in [1.807, 2.05) is 24.3 Å². The molecule has 6 rings (SSSR count). The SMILES string of the molecule is C=CC(=O)OCCCCCCOc1ccc(OC(=O)C2CCC(C(=O)Oc3ccc(OC(=O)C4CCC(C(=O)OC)CC4)c(C=NN(C)c4nc5ccccc5s4)c3)CC2)cc1. The van der Waals surface area contributed by atoms with Gasteiger partial charge in [-0.05, 0) is 132 Å². The van der Waals surface area contributed by atoms with Crippen molar-refractivity contribution in [2.45, 2.75) is 77.0 Å². The number of rotatable bonds is 19. The first-order chi connectivity index (χ1) is 30.1. The van der Waals surface area contributed by atoms with Crippen molar-refractivity contribution in [3.8, 4) is 23.0 Å². The molecule has 1 aromatic heterocycles. The summed E-state index contributed by atoms with van der Waals surface area (Å²) in [5.41, 5.74) is 1.27. The van der Waals surface area contributed by atoms with Crippen molar-refractivity contribution in [3.63, 3.8) is 0 Å². The van der Waals surface area contributed by atoms with Gasteiger partial charge in [0.25, 0.3) is 0 Å². The van der Waals surface area contributed by atoms with E-state index in [4.69, 9.17) is 28.4 Å². The summed E-state index contributed by atoms with van der Waals surface area (Å²) in [6.07, 6.45) is 10.2. The van der Waals surface area contributed by atoms with Crippen molar-refractivity contribution in [2.75, 3.05) is 32.4 Å². The topological polar surface area (TPSA) is 169 Å². The van der Waals surface area contributed by atoms with E-state index < -0.39 is 23.8 Å². The number of thiazole rings is 1. The lowest BCUT2D eigenvalue weighted by atomic mass is 9.82. The number of methoxy groups -OCH3 is 1. The zero-order chi connectivity index (χ0) is 43.8. The van der Waals surface area contributed by atoms with Crippen molar-refractivity contribution in [1.82, 2.24) is 4.98 Å². The van der Waals surface area contributed by atoms with Crippen molar-refractivity contribution in [3.05, 3.63) is 84.9 Å². The van der Waals surface area contributed by atoms with Crippen LogP contribution in [0, 0.1) is 23.7 Å². The molecule has 0 radical (unpaired) electrons. The minimum Gasteiger partial charge on any atom is -0.494 e. The van der Waals surface area contributed by atoms with Crippen LogP contribution in [-0.4, -0.2) is 68.4 Å². The largest absolute Gasteiger partial charge is 0.494 e. The van der Waals surface area contributed by atoms with Gasteiger partial charge in [0.1, 0.15) is 23.0 Å². The Bertz CT molecular complexity index is 2170. The molecule has 15 heteroatoms. The summed E-state index contributed by atoms with van der Waals surface area (Å²) in [7, 11) is 3.14. The fourth-order valence-corrected chi connectivity index (χ4v) is 8.34. The highest BCUT2D eigenvalue weighted by atomic mass is 32.1. The maximum absolute atomic E-state index is 13.4. The van der Waals surface area contributed by atoms with Crippen molar-refractivity contribution in [2.24, 2.45) is 28.8 Å². The fourth-order valence-electron chi connectivity index (χ4n) is 7.45. The Morgan fingerprint density at radius 2 is 1.26 bits per heavy atom. The third-order valence-corrected chi connectivity index (χ3v) is 12.2.